The van der Waals surface area contributed by atoms with E-state index in [0.717, 1.165) is 29.1 Å². The Kier molecular flexibility index (Phi) is 4.24. The third-order valence-corrected chi connectivity index (χ3v) is 4.92. The first-order chi connectivity index (χ1) is 8.63. The van der Waals surface area contributed by atoms with Gasteiger partial charge in [-0.2, -0.15) is 11.8 Å². The molecule has 2 rings (SSSR count). The van der Waals surface area contributed by atoms with Gasteiger partial charge in [0.2, 0.25) is 0 Å². The smallest absolute Gasteiger partial charge is 0.272 e. The van der Waals surface area contributed by atoms with Crippen molar-refractivity contribution in [3.8, 4) is 0 Å². The maximum atomic E-state index is 10.9. The topological polar surface area (TPSA) is 55.2 Å². The number of hydrogen-bond acceptors (Lipinski definition) is 4. The van der Waals surface area contributed by atoms with Gasteiger partial charge < -0.3 is 5.32 Å². The summed E-state index contributed by atoms with van der Waals surface area (Å²) >= 11 is 1.95. The summed E-state index contributed by atoms with van der Waals surface area (Å²) in [5, 5.41) is 14.3. The molecule has 1 aliphatic rings. The fourth-order valence-electron chi connectivity index (χ4n) is 2.49. The molecule has 1 saturated heterocycles. The Bertz CT molecular complexity index is 451. The Morgan fingerprint density at radius 2 is 2.28 bits per heavy atom. The second-order valence-corrected chi connectivity index (χ2v) is 5.79. The second-order valence-electron chi connectivity index (χ2n) is 4.72. The molecule has 4 nitrogen and oxygen atoms in total. The van der Waals surface area contributed by atoms with Gasteiger partial charge in [0.1, 0.15) is 0 Å². The highest BCUT2D eigenvalue weighted by Gasteiger charge is 2.27. The lowest BCUT2D eigenvalue weighted by atomic mass is 9.92. The van der Waals surface area contributed by atoms with Gasteiger partial charge in [-0.25, -0.2) is 0 Å². The third kappa shape index (κ3) is 2.67. The van der Waals surface area contributed by atoms with Crippen LogP contribution in [0.1, 0.15) is 11.1 Å². The van der Waals surface area contributed by atoms with Crippen molar-refractivity contribution >= 4 is 17.4 Å². The molecule has 98 valence electrons. The van der Waals surface area contributed by atoms with Crippen LogP contribution in [0.25, 0.3) is 0 Å². The van der Waals surface area contributed by atoms with Crippen molar-refractivity contribution < 1.29 is 4.92 Å². The van der Waals surface area contributed by atoms with Crippen LogP contribution in [-0.2, 0) is 6.42 Å². The van der Waals surface area contributed by atoms with E-state index in [1.54, 1.807) is 12.1 Å². The largest absolute Gasteiger partial charge is 0.316 e. The molecule has 0 amide bonds. The molecule has 1 aromatic carbocycles. The van der Waals surface area contributed by atoms with Crippen LogP contribution in [0.4, 0.5) is 5.69 Å². The van der Waals surface area contributed by atoms with Gasteiger partial charge in [-0.3, -0.25) is 10.1 Å². The molecule has 18 heavy (non-hydrogen) atoms. The van der Waals surface area contributed by atoms with Gasteiger partial charge in [-0.1, -0.05) is 12.1 Å². The van der Waals surface area contributed by atoms with Crippen molar-refractivity contribution in [2.24, 2.45) is 5.92 Å². The average molecular weight is 266 g/mol. The van der Waals surface area contributed by atoms with E-state index in [1.165, 1.54) is 0 Å². The molecule has 1 aromatic rings. The van der Waals surface area contributed by atoms with Gasteiger partial charge in [-0.05, 0) is 37.6 Å². The number of thioether (sulfide) groups is 1. The lowest BCUT2D eigenvalue weighted by Gasteiger charge is -2.18. The number of benzene rings is 1. The number of nitro groups is 1. The Hall–Kier alpha value is -1.07. The van der Waals surface area contributed by atoms with Gasteiger partial charge in [0.25, 0.3) is 5.69 Å². The van der Waals surface area contributed by atoms with Crippen LogP contribution < -0.4 is 5.32 Å². The van der Waals surface area contributed by atoms with Crippen LogP contribution in [0, 0.1) is 23.0 Å². The van der Waals surface area contributed by atoms with E-state index in [1.807, 2.05) is 31.8 Å². The van der Waals surface area contributed by atoms with Crippen molar-refractivity contribution in [3.63, 3.8) is 0 Å². The molecule has 0 bridgehead atoms. The lowest BCUT2D eigenvalue weighted by molar-refractivity contribution is -0.385. The normalized spacial score (nSPS) is 23.2. The molecular formula is C13H18N2O2S. The van der Waals surface area contributed by atoms with Crippen LogP contribution in [-0.4, -0.2) is 29.5 Å². The molecule has 0 radical (unpaired) electrons. The van der Waals surface area contributed by atoms with E-state index in [4.69, 9.17) is 0 Å². The molecule has 5 heteroatoms. The first-order valence-corrected chi connectivity index (χ1v) is 7.27. The van der Waals surface area contributed by atoms with Gasteiger partial charge in [-0.15, -0.1) is 0 Å². The molecule has 1 aliphatic heterocycles. The summed E-state index contributed by atoms with van der Waals surface area (Å²) in [6.45, 7) is 1.85. The quantitative estimate of drug-likeness (QED) is 0.671. The molecule has 1 heterocycles. The zero-order chi connectivity index (χ0) is 13.1. The van der Waals surface area contributed by atoms with Gasteiger partial charge in [0, 0.05) is 23.4 Å². The molecule has 1 fully saturated rings. The van der Waals surface area contributed by atoms with Gasteiger partial charge in [0.15, 0.2) is 0 Å². The summed E-state index contributed by atoms with van der Waals surface area (Å²) in [6, 6.07) is 5.90. The summed E-state index contributed by atoms with van der Waals surface area (Å²) in [5.41, 5.74) is 2.16. The van der Waals surface area contributed by atoms with E-state index in [9.17, 15) is 10.1 Å². The van der Waals surface area contributed by atoms with Crippen LogP contribution in [0.2, 0.25) is 0 Å². The SMILES string of the molecule is CNC1CSCC1Cc1cccc([N+](=O)[O-])c1C. The third-order valence-electron chi connectivity index (χ3n) is 3.67. The minimum Gasteiger partial charge on any atom is -0.316 e. The van der Waals surface area contributed by atoms with Crippen molar-refractivity contribution in [2.75, 3.05) is 18.6 Å². The predicted molar refractivity (Wildman–Crippen MR) is 75.2 cm³/mol. The maximum absolute atomic E-state index is 10.9. The zero-order valence-corrected chi connectivity index (χ0v) is 11.5. The summed E-state index contributed by atoms with van der Waals surface area (Å²) in [6.07, 6.45) is 0.923. The lowest BCUT2D eigenvalue weighted by Crippen LogP contribution is -2.33. The van der Waals surface area contributed by atoms with Crippen molar-refractivity contribution in [1.82, 2.24) is 5.32 Å². The summed E-state index contributed by atoms with van der Waals surface area (Å²) in [4.78, 5) is 10.6. The van der Waals surface area contributed by atoms with Crippen LogP contribution in [0.15, 0.2) is 18.2 Å². The Labute approximate surface area is 111 Å². The summed E-state index contributed by atoms with van der Waals surface area (Å²) in [7, 11) is 1.99. The number of nitrogens with one attached hydrogen (secondary N) is 1. The monoisotopic (exact) mass is 266 g/mol. The van der Waals surface area contributed by atoms with E-state index in [2.05, 4.69) is 5.32 Å². The Morgan fingerprint density at radius 1 is 1.50 bits per heavy atom. The van der Waals surface area contributed by atoms with Crippen LogP contribution in [0.5, 0.6) is 0 Å². The minimum absolute atomic E-state index is 0.235. The Morgan fingerprint density at radius 3 is 2.94 bits per heavy atom. The summed E-state index contributed by atoms with van der Waals surface area (Å²) in [5.74, 6) is 2.84. The molecule has 0 spiro atoms. The number of nitro benzene ring substituents is 1. The molecule has 0 saturated carbocycles. The first kappa shape index (κ1) is 13.4. The Balaban J connectivity index is 2.19. The first-order valence-electron chi connectivity index (χ1n) is 6.11. The minimum atomic E-state index is -0.294. The molecule has 0 aliphatic carbocycles. The molecule has 2 unspecified atom stereocenters. The van der Waals surface area contributed by atoms with E-state index in [0.29, 0.717) is 12.0 Å². The van der Waals surface area contributed by atoms with E-state index >= 15 is 0 Å². The van der Waals surface area contributed by atoms with Crippen molar-refractivity contribution in [3.05, 3.63) is 39.4 Å². The van der Waals surface area contributed by atoms with Crippen molar-refractivity contribution in [1.29, 1.82) is 0 Å². The van der Waals surface area contributed by atoms with Gasteiger partial charge >= 0.3 is 0 Å². The highest BCUT2D eigenvalue weighted by Crippen LogP contribution is 2.30. The number of nitrogens with zero attached hydrogens (tertiary/aromatic N) is 1. The maximum Gasteiger partial charge on any atom is 0.272 e. The predicted octanol–water partition coefficient (Wildman–Crippen LogP) is 2.40. The molecule has 1 N–H and O–H groups in total. The highest BCUT2D eigenvalue weighted by atomic mass is 32.2. The van der Waals surface area contributed by atoms with E-state index in [-0.39, 0.29) is 10.6 Å². The highest BCUT2D eigenvalue weighted by molar-refractivity contribution is 7.99. The van der Waals surface area contributed by atoms with Gasteiger partial charge in [0.05, 0.1) is 4.92 Å². The van der Waals surface area contributed by atoms with Crippen molar-refractivity contribution in [2.45, 2.75) is 19.4 Å². The fraction of sp³-hybridized carbons (Fsp3) is 0.538. The second kappa shape index (κ2) is 5.71. The standard InChI is InChI=1S/C13H18N2O2S/c1-9-10(4-3-5-13(9)15(16)17)6-11-7-18-8-12(11)14-2/h3-5,11-12,14H,6-8H2,1-2H3. The summed E-state index contributed by atoms with van der Waals surface area (Å²) < 4.78 is 0. The molecular weight excluding hydrogens is 248 g/mol. The van der Waals surface area contributed by atoms with E-state index < -0.39 is 0 Å². The average Bonchev–Trinajstić information content (AvgIpc) is 2.78. The van der Waals surface area contributed by atoms with Crippen LogP contribution in [0.3, 0.4) is 0 Å². The van der Waals surface area contributed by atoms with Crippen LogP contribution >= 0.6 is 11.8 Å². The molecule has 2 atom stereocenters. The number of rotatable bonds is 4. The number of hydrogen-bond donors (Lipinski definition) is 1. The zero-order valence-electron chi connectivity index (χ0n) is 10.7. The fourth-order valence-corrected chi connectivity index (χ4v) is 3.97. The molecule has 0 aromatic heterocycles.